The van der Waals surface area contributed by atoms with E-state index < -0.39 is 5.97 Å². The molecule has 1 heterocycles. The average Bonchev–Trinajstić information content (AvgIpc) is 2.81. The van der Waals surface area contributed by atoms with Crippen LogP contribution in [0.4, 0.5) is 4.79 Å². The van der Waals surface area contributed by atoms with Crippen LogP contribution in [-0.4, -0.2) is 66.3 Å². The largest absolute Gasteiger partial charge is 0.481 e. The van der Waals surface area contributed by atoms with Crippen LogP contribution >= 0.6 is 0 Å². The van der Waals surface area contributed by atoms with Crippen molar-refractivity contribution in [2.24, 2.45) is 0 Å². The van der Waals surface area contributed by atoms with E-state index in [1.54, 1.807) is 16.8 Å². The lowest BCUT2D eigenvalue weighted by molar-refractivity contribution is -0.137. The highest BCUT2D eigenvalue weighted by Gasteiger charge is 2.26. The normalized spacial score (nSPS) is 19.1. The van der Waals surface area contributed by atoms with E-state index in [4.69, 9.17) is 9.84 Å². The van der Waals surface area contributed by atoms with Gasteiger partial charge in [0.05, 0.1) is 19.1 Å². The summed E-state index contributed by atoms with van der Waals surface area (Å²) >= 11 is 0. The number of carboxylic acid groups (broad SMARTS) is 1. The van der Waals surface area contributed by atoms with Crippen molar-refractivity contribution in [2.45, 2.75) is 25.8 Å². The lowest BCUT2D eigenvalue weighted by atomic mass is 10.2. The van der Waals surface area contributed by atoms with Crippen LogP contribution in [0.3, 0.4) is 0 Å². The SMILES string of the molecule is CCN(CCC(=O)O)C(=O)N(C)C1CCOC1. The fourth-order valence-corrected chi connectivity index (χ4v) is 1.83. The minimum Gasteiger partial charge on any atom is -0.481 e. The average molecular weight is 244 g/mol. The van der Waals surface area contributed by atoms with Crippen LogP contribution in [0.2, 0.25) is 0 Å². The third-order valence-electron chi connectivity index (χ3n) is 3.00. The van der Waals surface area contributed by atoms with E-state index in [1.807, 2.05) is 6.92 Å². The Kier molecular flexibility index (Phi) is 5.21. The molecule has 98 valence electrons. The van der Waals surface area contributed by atoms with Crippen LogP contribution in [0.15, 0.2) is 0 Å². The molecule has 6 nitrogen and oxygen atoms in total. The van der Waals surface area contributed by atoms with E-state index in [9.17, 15) is 9.59 Å². The molecule has 2 amide bonds. The van der Waals surface area contributed by atoms with Crippen molar-refractivity contribution in [3.05, 3.63) is 0 Å². The maximum atomic E-state index is 12.1. The second kappa shape index (κ2) is 6.44. The number of ether oxygens (including phenoxy) is 1. The fourth-order valence-electron chi connectivity index (χ4n) is 1.83. The predicted molar refractivity (Wildman–Crippen MR) is 61.9 cm³/mol. The Bertz CT molecular complexity index is 277. The number of aliphatic carboxylic acids is 1. The number of carbonyl (C=O) groups excluding carboxylic acids is 1. The van der Waals surface area contributed by atoms with Crippen molar-refractivity contribution in [3.63, 3.8) is 0 Å². The Morgan fingerprint density at radius 3 is 2.65 bits per heavy atom. The lowest BCUT2D eigenvalue weighted by Gasteiger charge is -2.30. The molecule has 1 aliphatic heterocycles. The van der Waals surface area contributed by atoms with Gasteiger partial charge in [0.15, 0.2) is 0 Å². The Balaban J connectivity index is 2.49. The third kappa shape index (κ3) is 3.89. The molecule has 17 heavy (non-hydrogen) atoms. The molecule has 0 bridgehead atoms. The third-order valence-corrected chi connectivity index (χ3v) is 3.00. The van der Waals surface area contributed by atoms with E-state index in [1.165, 1.54) is 0 Å². The smallest absolute Gasteiger partial charge is 0.320 e. The zero-order valence-electron chi connectivity index (χ0n) is 10.4. The maximum absolute atomic E-state index is 12.1. The number of amides is 2. The van der Waals surface area contributed by atoms with Crippen molar-refractivity contribution in [3.8, 4) is 0 Å². The Labute approximate surface area is 101 Å². The summed E-state index contributed by atoms with van der Waals surface area (Å²) in [6.45, 7) is 3.87. The molecule has 1 fully saturated rings. The molecule has 0 aromatic heterocycles. The molecule has 0 spiro atoms. The van der Waals surface area contributed by atoms with Crippen molar-refractivity contribution < 1.29 is 19.4 Å². The molecule has 0 saturated carbocycles. The van der Waals surface area contributed by atoms with E-state index in [-0.39, 0.29) is 25.0 Å². The van der Waals surface area contributed by atoms with Gasteiger partial charge in [-0.25, -0.2) is 4.79 Å². The topological polar surface area (TPSA) is 70.1 Å². The fraction of sp³-hybridized carbons (Fsp3) is 0.818. The van der Waals surface area contributed by atoms with Crippen molar-refractivity contribution in [1.82, 2.24) is 9.80 Å². The molecule has 6 heteroatoms. The molecule has 1 rings (SSSR count). The highest BCUT2D eigenvalue weighted by molar-refractivity contribution is 5.75. The van der Waals surface area contributed by atoms with Gasteiger partial charge in [-0.1, -0.05) is 0 Å². The van der Waals surface area contributed by atoms with Crippen molar-refractivity contribution in [1.29, 1.82) is 0 Å². The molecule has 1 unspecified atom stereocenters. The molecular formula is C11H20N2O4. The molecule has 0 aromatic carbocycles. The van der Waals surface area contributed by atoms with Crippen molar-refractivity contribution >= 4 is 12.0 Å². The number of hydrogen-bond donors (Lipinski definition) is 1. The highest BCUT2D eigenvalue weighted by atomic mass is 16.5. The van der Waals surface area contributed by atoms with Gasteiger partial charge in [0.2, 0.25) is 0 Å². The first-order valence-electron chi connectivity index (χ1n) is 5.87. The van der Waals surface area contributed by atoms with Crippen LogP contribution in [0.5, 0.6) is 0 Å². The molecule has 1 aliphatic rings. The minimum atomic E-state index is -0.886. The Hall–Kier alpha value is -1.30. The summed E-state index contributed by atoms with van der Waals surface area (Å²) in [7, 11) is 1.74. The number of hydrogen-bond acceptors (Lipinski definition) is 3. The summed E-state index contributed by atoms with van der Waals surface area (Å²) in [6.07, 6.45) is 0.827. The van der Waals surface area contributed by atoms with Crippen LogP contribution in [-0.2, 0) is 9.53 Å². The van der Waals surface area contributed by atoms with Gasteiger partial charge in [-0.05, 0) is 13.3 Å². The molecule has 0 radical (unpaired) electrons. The minimum absolute atomic E-state index is 0.0193. The first-order chi connectivity index (χ1) is 8.06. The second-order valence-electron chi connectivity index (χ2n) is 4.13. The summed E-state index contributed by atoms with van der Waals surface area (Å²) in [6, 6.07) is -0.00868. The van der Waals surface area contributed by atoms with Gasteiger partial charge in [-0.15, -0.1) is 0 Å². The first-order valence-corrected chi connectivity index (χ1v) is 5.87. The van der Waals surface area contributed by atoms with Gasteiger partial charge in [0.25, 0.3) is 0 Å². The standard InChI is InChI=1S/C11H20N2O4/c1-3-13(6-4-10(14)15)11(16)12(2)9-5-7-17-8-9/h9H,3-8H2,1-2H3,(H,14,15). The molecule has 1 saturated heterocycles. The van der Waals surface area contributed by atoms with Gasteiger partial charge in [-0.3, -0.25) is 4.79 Å². The summed E-state index contributed by atoms with van der Waals surface area (Å²) in [4.78, 5) is 25.8. The monoisotopic (exact) mass is 244 g/mol. The van der Waals surface area contributed by atoms with Crippen LogP contribution in [0.1, 0.15) is 19.8 Å². The molecule has 0 aromatic rings. The number of rotatable bonds is 5. The van der Waals surface area contributed by atoms with Gasteiger partial charge in [0, 0.05) is 26.7 Å². The lowest BCUT2D eigenvalue weighted by Crippen LogP contribution is -2.46. The summed E-state index contributed by atoms with van der Waals surface area (Å²) in [5.74, 6) is -0.886. The Morgan fingerprint density at radius 2 is 2.18 bits per heavy atom. The zero-order valence-corrected chi connectivity index (χ0v) is 10.4. The van der Waals surface area contributed by atoms with E-state index in [0.29, 0.717) is 19.8 Å². The first kappa shape index (κ1) is 13.8. The molecular weight excluding hydrogens is 224 g/mol. The quantitative estimate of drug-likeness (QED) is 0.769. The number of carboxylic acids is 1. The van der Waals surface area contributed by atoms with Crippen LogP contribution in [0.25, 0.3) is 0 Å². The predicted octanol–water partition coefficient (Wildman–Crippen LogP) is 0.624. The van der Waals surface area contributed by atoms with E-state index >= 15 is 0 Å². The maximum Gasteiger partial charge on any atom is 0.320 e. The van der Waals surface area contributed by atoms with Gasteiger partial charge in [-0.2, -0.15) is 0 Å². The van der Waals surface area contributed by atoms with Gasteiger partial charge < -0.3 is 19.6 Å². The van der Waals surface area contributed by atoms with Crippen LogP contribution in [0, 0.1) is 0 Å². The van der Waals surface area contributed by atoms with E-state index in [2.05, 4.69) is 0 Å². The summed E-state index contributed by atoms with van der Waals surface area (Å²) in [5, 5.41) is 8.62. The second-order valence-corrected chi connectivity index (χ2v) is 4.13. The highest BCUT2D eigenvalue weighted by Crippen LogP contribution is 2.12. The zero-order chi connectivity index (χ0) is 12.8. The number of carbonyl (C=O) groups is 2. The van der Waals surface area contributed by atoms with Gasteiger partial charge >= 0.3 is 12.0 Å². The van der Waals surface area contributed by atoms with Crippen molar-refractivity contribution in [2.75, 3.05) is 33.4 Å². The number of nitrogens with zero attached hydrogens (tertiary/aromatic N) is 2. The number of likely N-dealkylation sites (N-methyl/N-ethyl adjacent to an activating group) is 1. The molecule has 1 atom stereocenters. The summed E-state index contributed by atoms with van der Waals surface area (Å²) < 4.78 is 5.23. The van der Waals surface area contributed by atoms with E-state index in [0.717, 1.165) is 6.42 Å². The molecule has 1 N–H and O–H groups in total. The molecule has 0 aliphatic carbocycles. The number of urea groups is 1. The summed E-state index contributed by atoms with van der Waals surface area (Å²) in [5.41, 5.74) is 0. The van der Waals surface area contributed by atoms with Gasteiger partial charge in [0.1, 0.15) is 0 Å². The van der Waals surface area contributed by atoms with Crippen LogP contribution < -0.4 is 0 Å². The Morgan fingerprint density at radius 1 is 1.47 bits per heavy atom.